The standard InChI is InChI=1S/C17H22O2/c1-15-12-16(13-18-15)9-5-6-10-17(16,19-15)11-14-7-3-2-4-8-14/h2-4,7-8H,5-6,9-13H2,1H3/t15?,16?,17-/m1/s1. The molecule has 3 aliphatic rings. The van der Waals surface area contributed by atoms with Gasteiger partial charge in [-0.2, -0.15) is 0 Å². The lowest BCUT2D eigenvalue weighted by Crippen LogP contribution is -2.54. The third-order valence-corrected chi connectivity index (χ3v) is 5.51. The first kappa shape index (κ1) is 11.9. The van der Waals surface area contributed by atoms with E-state index in [2.05, 4.69) is 37.3 Å². The quantitative estimate of drug-likeness (QED) is 0.805. The molecular formula is C17H22O2. The zero-order valence-corrected chi connectivity index (χ0v) is 11.7. The lowest BCUT2D eigenvalue weighted by molar-refractivity contribution is -0.290. The monoisotopic (exact) mass is 258 g/mol. The number of hydrogen-bond acceptors (Lipinski definition) is 2. The predicted octanol–water partition coefficient (Wildman–Crippen LogP) is 3.70. The van der Waals surface area contributed by atoms with E-state index in [0.717, 1.165) is 19.4 Å². The van der Waals surface area contributed by atoms with Crippen molar-refractivity contribution in [3.05, 3.63) is 35.9 Å². The average molecular weight is 258 g/mol. The van der Waals surface area contributed by atoms with Crippen LogP contribution in [0.5, 0.6) is 0 Å². The Labute approximate surface area is 115 Å². The second-order valence-corrected chi connectivity index (χ2v) is 6.85. The molecule has 2 nitrogen and oxygen atoms in total. The minimum atomic E-state index is -0.320. The average Bonchev–Trinajstić information content (AvgIpc) is 2.86. The van der Waals surface area contributed by atoms with Gasteiger partial charge in [-0.05, 0) is 25.3 Å². The summed E-state index contributed by atoms with van der Waals surface area (Å²) in [5, 5.41) is 0. The van der Waals surface area contributed by atoms with Gasteiger partial charge in [-0.1, -0.05) is 43.2 Å². The van der Waals surface area contributed by atoms with Crippen molar-refractivity contribution in [2.45, 2.75) is 56.8 Å². The van der Waals surface area contributed by atoms with E-state index in [1.54, 1.807) is 0 Å². The van der Waals surface area contributed by atoms with E-state index in [4.69, 9.17) is 9.47 Å². The molecule has 19 heavy (non-hydrogen) atoms. The Kier molecular flexibility index (Phi) is 2.40. The Bertz CT molecular complexity index is 481. The molecule has 0 radical (unpaired) electrons. The van der Waals surface area contributed by atoms with Gasteiger partial charge in [0.15, 0.2) is 5.79 Å². The van der Waals surface area contributed by atoms with Crippen molar-refractivity contribution in [2.75, 3.05) is 6.61 Å². The summed E-state index contributed by atoms with van der Waals surface area (Å²) in [4.78, 5) is 0. The van der Waals surface area contributed by atoms with Crippen molar-refractivity contribution in [3.63, 3.8) is 0 Å². The Morgan fingerprint density at radius 3 is 2.68 bits per heavy atom. The van der Waals surface area contributed by atoms with E-state index in [-0.39, 0.29) is 16.8 Å². The third-order valence-electron chi connectivity index (χ3n) is 5.51. The Hall–Kier alpha value is -0.860. The largest absolute Gasteiger partial charge is 0.349 e. The Balaban J connectivity index is 1.71. The van der Waals surface area contributed by atoms with Gasteiger partial charge in [-0.15, -0.1) is 0 Å². The first-order valence-electron chi connectivity index (χ1n) is 7.54. The van der Waals surface area contributed by atoms with Crippen molar-refractivity contribution in [2.24, 2.45) is 5.41 Å². The van der Waals surface area contributed by atoms with Crippen LogP contribution in [0.25, 0.3) is 0 Å². The van der Waals surface area contributed by atoms with Crippen LogP contribution < -0.4 is 0 Å². The fourth-order valence-corrected chi connectivity index (χ4v) is 4.70. The molecule has 102 valence electrons. The zero-order chi connectivity index (χ0) is 13.0. The molecule has 4 rings (SSSR count). The fraction of sp³-hybridized carbons (Fsp3) is 0.647. The molecule has 1 aromatic rings. The minimum Gasteiger partial charge on any atom is -0.349 e. The van der Waals surface area contributed by atoms with Gasteiger partial charge in [0.25, 0.3) is 0 Å². The normalized spacial score (nSPS) is 44.3. The molecule has 3 fully saturated rings. The second kappa shape index (κ2) is 3.83. The van der Waals surface area contributed by atoms with Gasteiger partial charge in [0.05, 0.1) is 12.2 Å². The van der Waals surface area contributed by atoms with Gasteiger partial charge in [-0.3, -0.25) is 0 Å². The molecule has 2 bridgehead atoms. The van der Waals surface area contributed by atoms with Crippen molar-refractivity contribution >= 4 is 0 Å². The molecule has 0 N–H and O–H groups in total. The molecule has 1 spiro atoms. The summed E-state index contributed by atoms with van der Waals surface area (Å²) < 4.78 is 12.5. The van der Waals surface area contributed by atoms with Crippen molar-refractivity contribution in [1.29, 1.82) is 0 Å². The highest BCUT2D eigenvalue weighted by Crippen LogP contribution is 2.64. The van der Waals surface area contributed by atoms with Crippen LogP contribution >= 0.6 is 0 Å². The lowest BCUT2D eigenvalue weighted by atomic mass is 9.61. The van der Waals surface area contributed by atoms with Gasteiger partial charge in [0.1, 0.15) is 0 Å². The van der Waals surface area contributed by atoms with Crippen LogP contribution in [-0.2, 0) is 15.9 Å². The number of fused-ring (bicyclic) bond motifs is 1. The van der Waals surface area contributed by atoms with Crippen LogP contribution in [0.1, 0.15) is 44.6 Å². The Morgan fingerprint density at radius 1 is 1.11 bits per heavy atom. The maximum absolute atomic E-state index is 6.51. The van der Waals surface area contributed by atoms with Crippen molar-refractivity contribution in [3.8, 4) is 0 Å². The van der Waals surface area contributed by atoms with E-state index in [1.807, 2.05) is 0 Å². The molecule has 2 heteroatoms. The molecule has 0 amide bonds. The molecule has 0 aromatic heterocycles. The van der Waals surface area contributed by atoms with E-state index in [1.165, 1.54) is 31.2 Å². The number of rotatable bonds is 2. The molecule has 2 heterocycles. The molecule has 2 saturated heterocycles. The van der Waals surface area contributed by atoms with Crippen molar-refractivity contribution in [1.82, 2.24) is 0 Å². The van der Waals surface area contributed by atoms with Crippen LogP contribution in [0.15, 0.2) is 30.3 Å². The SMILES string of the molecule is CC12CC3(CCCC[C@]3(Cc3ccccc3)O1)CO2. The van der Waals surface area contributed by atoms with Crippen molar-refractivity contribution < 1.29 is 9.47 Å². The molecule has 1 saturated carbocycles. The topological polar surface area (TPSA) is 18.5 Å². The van der Waals surface area contributed by atoms with Crippen LogP contribution in [0, 0.1) is 5.41 Å². The number of benzene rings is 1. The molecule has 2 unspecified atom stereocenters. The summed E-state index contributed by atoms with van der Waals surface area (Å²) in [7, 11) is 0. The van der Waals surface area contributed by atoms with Gasteiger partial charge >= 0.3 is 0 Å². The summed E-state index contributed by atoms with van der Waals surface area (Å²) >= 11 is 0. The smallest absolute Gasteiger partial charge is 0.167 e. The number of hydrogen-bond donors (Lipinski definition) is 0. The highest BCUT2D eigenvalue weighted by molar-refractivity contribution is 5.23. The minimum absolute atomic E-state index is 0.0274. The lowest BCUT2D eigenvalue weighted by Gasteiger charge is -2.49. The second-order valence-electron chi connectivity index (χ2n) is 6.85. The third kappa shape index (κ3) is 1.63. The predicted molar refractivity (Wildman–Crippen MR) is 73.8 cm³/mol. The number of ether oxygens (including phenoxy) is 2. The summed E-state index contributed by atoms with van der Waals surface area (Å²) in [6, 6.07) is 10.8. The van der Waals surface area contributed by atoms with E-state index in [9.17, 15) is 0 Å². The molecular weight excluding hydrogens is 236 g/mol. The maximum atomic E-state index is 6.51. The van der Waals surface area contributed by atoms with Gasteiger partial charge < -0.3 is 9.47 Å². The molecule has 1 aromatic carbocycles. The van der Waals surface area contributed by atoms with Crippen LogP contribution in [-0.4, -0.2) is 18.0 Å². The molecule has 3 atom stereocenters. The highest BCUT2D eigenvalue weighted by Gasteiger charge is 2.68. The summed E-state index contributed by atoms with van der Waals surface area (Å²) in [5.74, 6) is -0.320. The van der Waals surface area contributed by atoms with Gasteiger partial charge in [0, 0.05) is 18.3 Å². The Morgan fingerprint density at radius 2 is 1.89 bits per heavy atom. The summed E-state index contributed by atoms with van der Waals surface area (Å²) in [6.45, 7) is 3.03. The highest BCUT2D eigenvalue weighted by atomic mass is 16.7. The summed E-state index contributed by atoms with van der Waals surface area (Å²) in [6.07, 6.45) is 7.24. The van der Waals surface area contributed by atoms with Gasteiger partial charge in [0.2, 0.25) is 0 Å². The van der Waals surface area contributed by atoms with Crippen LogP contribution in [0.2, 0.25) is 0 Å². The first-order chi connectivity index (χ1) is 9.16. The molecule has 1 aliphatic carbocycles. The maximum Gasteiger partial charge on any atom is 0.167 e. The first-order valence-corrected chi connectivity index (χ1v) is 7.54. The van der Waals surface area contributed by atoms with Gasteiger partial charge in [-0.25, -0.2) is 0 Å². The van der Waals surface area contributed by atoms with E-state index < -0.39 is 0 Å². The van der Waals surface area contributed by atoms with Crippen LogP contribution in [0.3, 0.4) is 0 Å². The molecule has 2 aliphatic heterocycles. The summed E-state index contributed by atoms with van der Waals surface area (Å²) in [5.41, 5.74) is 1.70. The van der Waals surface area contributed by atoms with E-state index in [0.29, 0.717) is 0 Å². The van der Waals surface area contributed by atoms with E-state index >= 15 is 0 Å². The zero-order valence-electron chi connectivity index (χ0n) is 11.7. The van der Waals surface area contributed by atoms with Crippen LogP contribution in [0.4, 0.5) is 0 Å². The fourth-order valence-electron chi connectivity index (χ4n) is 4.70.